The number of hydrogen-bond acceptors (Lipinski definition) is 4. The predicted molar refractivity (Wildman–Crippen MR) is 156 cm³/mol. The highest BCUT2D eigenvalue weighted by molar-refractivity contribution is 7.92. The van der Waals surface area contributed by atoms with Gasteiger partial charge < -0.3 is 10.2 Å². The molecular weight excluding hydrogens is 510 g/mol. The molecule has 7 nitrogen and oxygen atoms in total. The lowest BCUT2D eigenvalue weighted by molar-refractivity contribution is -0.139. The predicted octanol–water partition coefficient (Wildman–Crippen LogP) is 5.14. The molecular formula is C31H39N3O4S. The third-order valence-electron chi connectivity index (χ3n) is 6.91. The number of carbonyl (C=O) groups is 2. The van der Waals surface area contributed by atoms with Crippen LogP contribution in [0.2, 0.25) is 0 Å². The average Bonchev–Trinajstić information content (AvgIpc) is 2.91. The van der Waals surface area contributed by atoms with Gasteiger partial charge in [-0.05, 0) is 70.4 Å². The first-order valence-corrected chi connectivity index (χ1v) is 14.7. The summed E-state index contributed by atoms with van der Waals surface area (Å²) in [5, 5.41) is 2.95. The standard InChI is InChI=1S/C31H39N3O4S/c1-7-25(5)32-31(36)26(6)33(20-27-16-12-22(2)13-17-27)30(35)21-34(29-11-9-8-10-24(29)4)39(37,38)28-18-14-23(3)15-19-28/h8-19,25-26H,7,20-21H2,1-6H3,(H,32,36)/t25-,26-/m1/s1. The third kappa shape index (κ3) is 7.47. The quantitative estimate of drug-likeness (QED) is 0.359. The molecule has 0 unspecified atom stereocenters. The molecule has 2 amide bonds. The molecule has 208 valence electrons. The van der Waals surface area contributed by atoms with Gasteiger partial charge in [0.1, 0.15) is 12.6 Å². The summed E-state index contributed by atoms with van der Waals surface area (Å²) in [5.74, 6) is -0.755. The van der Waals surface area contributed by atoms with Crippen molar-refractivity contribution in [2.24, 2.45) is 0 Å². The van der Waals surface area contributed by atoms with E-state index in [2.05, 4.69) is 5.32 Å². The number of rotatable bonds is 11. The fourth-order valence-corrected chi connectivity index (χ4v) is 5.61. The van der Waals surface area contributed by atoms with E-state index >= 15 is 0 Å². The number of amides is 2. The molecule has 3 aromatic carbocycles. The summed E-state index contributed by atoms with van der Waals surface area (Å²) in [4.78, 5) is 28.7. The molecule has 0 saturated heterocycles. The van der Waals surface area contributed by atoms with Crippen LogP contribution in [0.5, 0.6) is 0 Å². The zero-order chi connectivity index (χ0) is 28.7. The number of nitrogens with zero attached hydrogens (tertiary/aromatic N) is 2. The molecule has 0 heterocycles. The molecule has 3 rings (SSSR count). The van der Waals surface area contributed by atoms with Crippen LogP contribution in [-0.4, -0.2) is 43.8 Å². The SMILES string of the molecule is CC[C@@H](C)NC(=O)[C@@H](C)N(Cc1ccc(C)cc1)C(=O)CN(c1ccccc1C)S(=O)(=O)c1ccc(C)cc1. The lowest BCUT2D eigenvalue weighted by Gasteiger charge is -2.33. The van der Waals surface area contributed by atoms with Crippen LogP contribution in [0.25, 0.3) is 0 Å². The molecule has 39 heavy (non-hydrogen) atoms. The van der Waals surface area contributed by atoms with E-state index in [0.717, 1.165) is 27.4 Å². The molecule has 0 saturated carbocycles. The summed E-state index contributed by atoms with van der Waals surface area (Å²) in [6, 6.07) is 20.5. The van der Waals surface area contributed by atoms with Crippen molar-refractivity contribution in [2.45, 2.75) is 71.5 Å². The van der Waals surface area contributed by atoms with Crippen molar-refractivity contribution in [1.82, 2.24) is 10.2 Å². The van der Waals surface area contributed by atoms with E-state index in [1.165, 1.54) is 4.90 Å². The molecule has 0 radical (unpaired) electrons. The summed E-state index contributed by atoms with van der Waals surface area (Å²) in [6.07, 6.45) is 0.750. The molecule has 8 heteroatoms. The number of aryl methyl sites for hydroxylation is 3. The van der Waals surface area contributed by atoms with Gasteiger partial charge in [-0.1, -0.05) is 72.6 Å². The first-order valence-electron chi connectivity index (χ1n) is 13.2. The minimum absolute atomic E-state index is 0.0540. The Bertz CT molecular complexity index is 1390. The van der Waals surface area contributed by atoms with Crippen LogP contribution in [0.15, 0.2) is 77.7 Å². The van der Waals surface area contributed by atoms with Crippen LogP contribution < -0.4 is 9.62 Å². The second-order valence-electron chi connectivity index (χ2n) is 10.1. The van der Waals surface area contributed by atoms with Crippen molar-refractivity contribution in [3.05, 3.63) is 95.1 Å². The second kappa shape index (κ2) is 12.9. The number of carbonyl (C=O) groups excluding carboxylic acids is 2. The minimum atomic E-state index is -4.08. The Balaban J connectivity index is 2.03. The Morgan fingerprint density at radius 1 is 0.846 bits per heavy atom. The van der Waals surface area contributed by atoms with Gasteiger partial charge in [-0.2, -0.15) is 0 Å². The highest BCUT2D eigenvalue weighted by Gasteiger charge is 2.33. The van der Waals surface area contributed by atoms with Crippen LogP contribution in [0.3, 0.4) is 0 Å². The van der Waals surface area contributed by atoms with Crippen molar-refractivity contribution in [1.29, 1.82) is 0 Å². The molecule has 0 aliphatic rings. The Morgan fingerprint density at radius 2 is 1.41 bits per heavy atom. The lowest BCUT2D eigenvalue weighted by atomic mass is 10.1. The number of anilines is 1. The second-order valence-corrected chi connectivity index (χ2v) is 12.0. The third-order valence-corrected chi connectivity index (χ3v) is 8.69. The lowest BCUT2D eigenvalue weighted by Crippen LogP contribution is -2.52. The van der Waals surface area contributed by atoms with Gasteiger partial charge in [0.15, 0.2) is 0 Å². The maximum absolute atomic E-state index is 14.0. The number of sulfonamides is 1. The van der Waals surface area contributed by atoms with Gasteiger partial charge in [-0.25, -0.2) is 8.42 Å². The first-order chi connectivity index (χ1) is 18.4. The monoisotopic (exact) mass is 549 g/mol. The Hall–Kier alpha value is -3.65. The van der Waals surface area contributed by atoms with Crippen LogP contribution in [-0.2, 0) is 26.2 Å². The van der Waals surface area contributed by atoms with E-state index in [0.29, 0.717) is 11.3 Å². The topological polar surface area (TPSA) is 86.8 Å². The number of nitrogens with one attached hydrogen (secondary N) is 1. The molecule has 0 aliphatic carbocycles. The molecule has 1 N–H and O–H groups in total. The van der Waals surface area contributed by atoms with Crippen LogP contribution in [0, 0.1) is 20.8 Å². The summed E-state index contributed by atoms with van der Waals surface area (Å²) in [5.41, 5.74) is 3.99. The van der Waals surface area contributed by atoms with Crippen LogP contribution in [0.1, 0.15) is 49.4 Å². The fourth-order valence-electron chi connectivity index (χ4n) is 4.13. The van der Waals surface area contributed by atoms with Gasteiger partial charge in [-0.3, -0.25) is 13.9 Å². The van der Waals surface area contributed by atoms with Crippen molar-refractivity contribution in [3.8, 4) is 0 Å². The zero-order valence-corrected chi connectivity index (χ0v) is 24.5. The molecule has 0 aromatic heterocycles. The average molecular weight is 550 g/mol. The summed E-state index contributed by atoms with van der Waals surface area (Å²) in [6.45, 7) is 10.9. The highest BCUT2D eigenvalue weighted by Crippen LogP contribution is 2.27. The van der Waals surface area contributed by atoms with Crippen LogP contribution in [0.4, 0.5) is 5.69 Å². The summed E-state index contributed by atoms with van der Waals surface area (Å²) < 4.78 is 29.0. The van der Waals surface area contributed by atoms with E-state index in [4.69, 9.17) is 0 Å². The Kier molecular flexibility index (Phi) is 9.92. The summed E-state index contributed by atoms with van der Waals surface area (Å²) >= 11 is 0. The van der Waals surface area contributed by atoms with E-state index in [1.54, 1.807) is 43.3 Å². The minimum Gasteiger partial charge on any atom is -0.352 e. The fraction of sp³-hybridized carbons (Fsp3) is 0.355. The molecule has 3 aromatic rings. The summed E-state index contributed by atoms with van der Waals surface area (Å²) in [7, 11) is -4.08. The number of benzene rings is 3. The zero-order valence-electron chi connectivity index (χ0n) is 23.6. The molecule has 0 fully saturated rings. The largest absolute Gasteiger partial charge is 0.352 e. The maximum Gasteiger partial charge on any atom is 0.264 e. The van der Waals surface area contributed by atoms with E-state index in [9.17, 15) is 18.0 Å². The van der Waals surface area contributed by atoms with Crippen molar-refractivity contribution < 1.29 is 18.0 Å². The highest BCUT2D eigenvalue weighted by atomic mass is 32.2. The van der Waals surface area contributed by atoms with Gasteiger partial charge in [0, 0.05) is 12.6 Å². The van der Waals surface area contributed by atoms with Crippen molar-refractivity contribution in [2.75, 3.05) is 10.8 Å². The number of para-hydroxylation sites is 1. The van der Waals surface area contributed by atoms with Gasteiger partial charge in [0.25, 0.3) is 10.0 Å². The maximum atomic E-state index is 14.0. The van der Waals surface area contributed by atoms with Crippen molar-refractivity contribution >= 4 is 27.5 Å². The smallest absolute Gasteiger partial charge is 0.264 e. The van der Waals surface area contributed by atoms with E-state index in [-0.39, 0.29) is 23.4 Å². The first kappa shape index (κ1) is 29.9. The molecule has 0 spiro atoms. The van der Waals surface area contributed by atoms with Gasteiger partial charge in [0.2, 0.25) is 11.8 Å². The van der Waals surface area contributed by atoms with E-state index in [1.807, 2.05) is 71.0 Å². The normalized spacial score (nSPS) is 12.9. The van der Waals surface area contributed by atoms with E-state index < -0.39 is 28.5 Å². The van der Waals surface area contributed by atoms with Gasteiger partial charge in [0.05, 0.1) is 10.6 Å². The molecule has 2 atom stereocenters. The Labute approximate surface area is 232 Å². The van der Waals surface area contributed by atoms with Crippen LogP contribution >= 0.6 is 0 Å². The Morgan fingerprint density at radius 3 is 1.97 bits per heavy atom. The van der Waals surface area contributed by atoms with Crippen molar-refractivity contribution in [3.63, 3.8) is 0 Å². The van der Waals surface area contributed by atoms with Gasteiger partial charge >= 0.3 is 0 Å². The molecule has 0 aliphatic heterocycles. The van der Waals surface area contributed by atoms with Gasteiger partial charge in [-0.15, -0.1) is 0 Å². The number of hydrogen-bond donors (Lipinski definition) is 1. The molecule has 0 bridgehead atoms.